The number of nitrogens with one attached hydrogen (secondary N) is 2. The van der Waals surface area contributed by atoms with Crippen LogP contribution in [-0.2, 0) is 10.2 Å². The molecule has 0 aliphatic heterocycles. The molecule has 1 aromatic heterocycles. The summed E-state index contributed by atoms with van der Waals surface area (Å²) in [6.07, 6.45) is 12.3. The highest BCUT2D eigenvalue weighted by Crippen LogP contribution is 2.60. The van der Waals surface area contributed by atoms with E-state index in [2.05, 4.69) is 22.8 Å². The second-order valence-electron chi connectivity index (χ2n) is 10.0. The van der Waals surface area contributed by atoms with E-state index >= 15 is 0 Å². The standard InChI is InChI=1S/C26H32N2O3S/c1-32-10-8-22(28-25(30)23-3-2-9-31-23)24(29)27-21-6-4-20(5-7-21)26-14-17-11-18(15-26)13-19(12-17)16-26/h2-7,9,17-19,22H,8,10-16H2,1H3,(H,27,29)(H,28,30). The fourth-order valence-corrected chi connectivity index (χ4v) is 7.21. The summed E-state index contributed by atoms with van der Waals surface area (Å²) in [6.45, 7) is 0. The van der Waals surface area contributed by atoms with Crippen molar-refractivity contribution in [1.82, 2.24) is 5.32 Å². The van der Waals surface area contributed by atoms with Gasteiger partial charge in [-0.1, -0.05) is 12.1 Å². The van der Waals surface area contributed by atoms with Crippen LogP contribution in [0, 0.1) is 17.8 Å². The van der Waals surface area contributed by atoms with Gasteiger partial charge in [0, 0.05) is 5.69 Å². The quantitative estimate of drug-likeness (QED) is 0.575. The van der Waals surface area contributed by atoms with Crippen LogP contribution in [0.5, 0.6) is 0 Å². The van der Waals surface area contributed by atoms with Crippen LogP contribution in [0.2, 0.25) is 0 Å². The third kappa shape index (κ3) is 4.34. The molecule has 2 aromatic rings. The van der Waals surface area contributed by atoms with Crippen molar-refractivity contribution in [3.05, 3.63) is 54.0 Å². The molecule has 0 saturated heterocycles. The van der Waals surface area contributed by atoms with Crippen LogP contribution >= 0.6 is 11.8 Å². The summed E-state index contributed by atoms with van der Waals surface area (Å²) >= 11 is 1.65. The van der Waals surface area contributed by atoms with Gasteiger partial charge in [-0.15, -0.1) is 0 Å². The number of carbonyl (C=O) groups excluding carboxylic acids is 2. The van der Waals surface area contributed by atoms with E-state index in [-0.39, 0.29) is 17.6 Å². The van der Waals surface area contributed by atoms with Crippen molar-refractivity contribution in [3.8, 4) is 0 Å². The highest BCUT2D eigenvalue weighted by Gasteiger charge is 2.51. The maximum Gasteiger partial charge on any atom is 0.287 e. The lowest BCUT2D eigenvalue weighted by Crippen LogP contribution is -2.48. The Kier molecular flexibility index (Phi) is 6.06. The number of benzene rings is 1. The summed E-state index contributed by atoms with van der Waals surface area (Å²) in [5, 5.41) is 5.83. The Hall–Kier alpha value is -2.21. The van der Waals surface area contributed by atoms with E-state index in [0.717, 1.165) is 29.2 Å². The van der Waals surface area contributed by atoms with E-state index in [9.17, 15) is 9.59 Å². The Morgan fingerprint density at radius 2 is 1.72 bits per heavy atom. The molecule has 4 aliphatic carbocycles. The lowest BCUT2D eigenvalue weighted by molar-refractivity contribution is -0.118. The van der Waals surface area contributed by atoms with Gasteiger partial charge in [0.2, 0.25) is 5.91 Å². The molecule has 170 valence electrons. The van der Waals surface area contributed by atoms with E-state index in [1.54, 1.807) is 23.9 Å². The third-order valence-electron chi connectivity index (χ3n) is 7.78. The van der Waals surface area contributed by atoms with E-state index in [4.69, 9.17) is 4.42 Å². The highest BCUT2D eigenvalue weighted by molar-refractivity contribution is 7.98. The first-order valence-electron chi connectivity index (χ1n) is 11.8. The average molecular weight is 453 g/mol. The van der Waals surface area contributed by atoms with Crippen LogP contribution in [0.25, 0.3) is 0 Å². The number of rotatable bonds is 8. The van der Waals surface area contributed by atoms with Gasteiger partial charge in [-0.3, -0.25) is 9.59 Å². The number of furan rings is 1. The third-order valence-corrected chi connectivity index (χ3v) is 8.42. The predicted octanol–water partition coefficient (Wildman–Crippen LogP) is 5.24. The molecule has 4 aliphatic rings. The van der Waals surface area contributed by atoms with Crippen LogP contribution in [-0.4, -0.2) is 29.9 Å². The van der Waals surface area contributed by atoms with Gasteiger partial charge in [-0.2, -0.15) is 11.8 Å². The molecular formula is C26H32N2O3S. The van der Waals surface area contributed by atoms with Crippen molar-refractivity contribution < 1.29 is 14.0 Å². The molecule has 4 fully saturated rings. The number of carbonyl (C=O) groups is 2. The lowest BCUT2D eigenvalue weighted by atomic mass is 9.48. The zero-order valence-corrected chi connectivity index (χ0v) is 19.5. The molecule has 32 heavy (non-hydrogen) atoms. The van der Waals surface area contributed by atoms with E-state index < -0.39 is 6.04 Å². The Bertz CT molecular complexity index is 919. The lowest BCUT2D eigenvalue weighted by Gasteiger charge is -2.57. The number of hydrogen-bond acceptors (Lipinski definition) is 4. The van der Waals surface area contributed by atoms with Gasteiger partial charge in [-0.25, -0.2) is 0 Å². The van der Waals surface area contributed by atoms with Crippen LogP contribution in [0.1, 0.15) is 61.1 Å². The second-order valence-corrected chi connectivity index (χ2v) is 11.0. The van der Waals surface area contributed by atoms with Crippen LogP contribution in [0.15, 0.2) is 47.1 Å². The summed E-state index contributed by atoms with van der Waals surface area (Å²) in [5.41, 5.74) is 2.58. The van der Waals surface area contributed by atoms with Crippen LogP contribution in [0.4, 0.5) is 5.69 Å². The molecule has 1 unspecified atom stereocenters. The molecule has 5 nitrogen and oxygen atoms in total. The molecule has 1 heterocycles. The van der Waals surface area contributed by atoms with Crippen LogP contribution < -0.4 is 10.6 Å². The van der Waals surface area contributed by atoms with Gasteiger partial charge in [0.15, 0.2) is 5.76 Å². The average Bonchev–Trinajstić information content (AvgIpc) is 3.31. The van der Waals surface area contributed by atoms with Crippen molar-refractivity contribution in [2.45, 2.75) is 56.4 Å². The van der Waals surface area contributed by atoms with E-state index in [1.165, 1.54) is 50.4 Å². The summed E-state index contributed by atoms with van der Waals surface area (Å²) in [6, 6.07) is 11.2. The van der Waals surface area contributed by atoms with E-state index in [0.29, 0.717) is 11.8 Å². The van der Waals surface area contributed by atoms with Crippen molar-refractivity contribution in [2.75, 3.05) is 17.3 Å². The first kappa shape index (κ1) is 21.6. The largest absolute Gasteiger partial charge is 0.459 e. The number of anilines is 1. The maximum atomic E-state index is 13.0. The van der Waals surface area contributed by atoms with Gasteiger partial charge in [-0.05, 0) is 110 Å². The molecule has 0 spiro atoms. The molecular weight excluding hydrogens is 420 g/mol. The number of amides is 2. The first-order chi connectivity index (χ1) is 15.5. The molecule has 2 amide bonds. The van der Waals surface area contributed by atoms with Crippen molar-refractivity contribution in [1.29, 1.82) is 0 Å². The number of thioether (sulfide) groups is 1. The van der Waals surface area contributed by atoms with Crippen molar-refractivity contribution in [3.63, 3.8) is 0 Å². The topological polar surface area (TPSA) is 71.3 Å². The van der Waals surface area contributed by atoms with Gasteiger partial charge in [0.1, 0.15) is 6.04 Å². The normalized spacial score (nSPS) is 29.0. The smallest absolute Gasteiger partial charge is 0.287 e. The fourth-order valence-electron chi connectivity index (χ4n) is 6.74. The summed E-state index contributed by atoms with van der Waals surface area (Å²) in [5.74, 6) is 3.17. The second kappa shape index (κ2) is 8.97. The Labute approximate surface area is 194 Å². The van der Waals surface area contributed by atoms with Gasteiger partial charge < -0.3 is 15.1 Å². The molecule has 4 saturated carbocycles. The van der Waals surface area contributed by atoms with Crippen molar-refractivity contribution >= 4 is 29.3 Å². The minimum absolute atomic E-state index is 0.193. The van der Waals surface area contributed by atoms with Gasteiger partial charge in [0.25, 0.3) is 5.91 Å². The molecule has 6 heteroatoms. The summed E-state index contributed by atoms with van der Waals surface area (Å²) in [7, 11) is 0. The zero-order valence-electron chi connectivity index (χ0n) is 18.6. The van der Waals surface area contributed by atoms with E-state index in [1.807, 2.05) is 18.4 Å². The molecule has 1 aromatic carbocycles. The summed E-state index contributed by atoms with van der Waals surface area (Å²) < 4.78 is 5.16. The SMILES string of the molecule is CSCCC(NC(=O)c1ccco1)C(=O)Nc1ccc(C23CC4CC(CC(C4)C2)C3)cc1. The summed E-state index contributed by atoms with van der Waals surface area (Å²) in [4.78, 5) is 25.4. The van der Waals surface area contributed by atoms with Gasteiger partial charge >= 0.3 is 0 Å². The zero-order chi connectivity index (χ0) is 22.1. The molecule has 1 atom stereocenters. The monoisotopic (exact) mass is 452 g/mol. The highest BCUT2D eigenvalue weighted by atomic mass is 32.2. The molecule has 0 radical (unpaired) electrons. The minimum atomic E-state index is -0.608. The maximum absolute atomic E-state index is 13.0. The van der Waals surface area contributed by atoms with Crippen LogP contribution in [0.3, 0.4) is 0 Å². The first-order valence-corrected chi connectivity index (χ1v) is 13.2. The number of hydrogen-bond donors (Lipinski definition) is 2. The predicted molar refractivity (Wildman–Crippen MR) is 128 cm³/mol. The Morgan fingerprint density at radius 3 is 2.28 bits per heavy atom. The minimum Gasteiger partial charge on any atom is -0.459 e. The Balaban J connectivity index is 1.25. The van der Waals surface area contributed by atoms with Gasteiger partial charge in [0.05, 0.1) is 6.26 Å². The van der Waals surface area contributed by atoms with Crippen molar-refractivity contribution in [2.24, 2.45) is 17.8 Å². The molecule has 6 rings (SSSR count). The Morgan fingerprint density at radius 1 is 1.06 bits per heavy atom. The molecule has 2 N–H and O–H groups in total. The molecule has 4 bridgehead atoms. The fraction of sp³-hybridized carbons (Fsp3) is 0.538.